The molecule has 0 radical (unpaired) electrons. The molecule has 0 aromatic heterocycles. The van der Waals surface area contributed by atoms with E-state index in [1.165, 1.54) is 0 Å². The van der Waals surface area contributed by atoms with E-state index in [1.807, 2.05) is 25.8 Å². The Balaban J connectivity index is 1.95. The Morgan fingerprint density at radius 3 is 2.31 bits per heavy atom. The molecule has 2 aromatic carbocycles. The number of benzene rings is 2. The van der Waals surface area contributed by atoms with E-state index < -0.39 is 10.0 Å². The second-order valence-electron chi connectivity index (χ2n) is 6.55. The molecule has 3 rings (SSSR count). The fraction of sp³-hybridized carbons (Fsp3) is 0.316. The summed E-state index contributed by atoms with van der Waals surface area (Å²) in [4.78, 5) is 16.2. The molecule has 138 valence electrons. The lowest BCUT2D eigenvalue weighted by Crippen LogP contribution is -2.50. The van der Waals surface area contributed by atoms with E-state index in [4.69, 9.17) is 0 Å². The van der Waals surface area contributed by atoms with Crippen molar-refractivity contribution in [1.29, 1.82) is 0 Å². The summed E-state index contributed by atoms with van der Waals surface area (Å²) in [5.74, 6) is 0.0375. The summed E-state index contributed by atoms with van der Waals surface area (Å²) in [6.45, 7) is 3.87. The van der Waals surface area contributed by atoms with Gasteiger partial charge >= 0.3 is 0 Å². The second-order valence-corrected chi connectivity index (χ2v) is 8.24. The van der Waals surface area contributed by atoms with Gasteiger partial charge in [0, 0.05) is 14.1 Å². The van der Waals surface area contributed by atoms with E-state index >= 15 is 0 Å². The Bertz CT molecular complexity index is 939. The minimum atomic E-state index is -3.67. The third kappa shape index (κ3) is 3.14. The first-order valence-electron chi connectivity index (χ1n) is 8.48. The van der Waals surface area contributed by atoms with Crippen molar-refractivity contribution in [3.63, 3.8) is 0 Å². The Kier molecular flexibility index (Phi) is 4.66. The number of likely N-dealkylation sites (N-methyl/N-ethyl adjacent to an activating group) is 2. The van der Waals surface area contributed by atoms with Gasteiger partial charge in [-0.1, -0.05) is 24.6 Å². The number of nitrogens with zero attached hydrogens (tertiary/aromatic N) is 2. The molecule has 1 N–H and O–H groups in total. The Hall–Kier alpha value is -2.54. The highest BCUT2D eigenvalue weighted by molar-refractivity contribution is 7.92. The van der Waals surface area contributed by atoms with Crippen LogP contribution in [0.3, 0.4) is 0 Å². The first kappa shape index (κ1) is 18.3. The van der Waals surface area contributed by atoms with Gasteiger partial charge < -0.3 is 9.80 Å². The molecule has 1 atom stereocenters. The monoisotopic (exact) mass is 373 g/mol. The number of hydrogen-bond donors (Lipinski definition) is 1. The standard InChI is InChI=1S/C19H23N3O3S/c1-5-16-19(23)22(4)17-11-8-14(12-18(17)21(16)3)20-26(24,25)15-9-6-13(2)7-10-15/h6-12,16,20H,5H2,1-4H3. The lowest BCUT2D eigenvalue weighted by atomic mass is 10.1. The number of carbonyl (C=O) groups excluding carboxylic acids is 1. The van der Waals surface area contributed by atoms with E-state index in [2.05, 4.69) is 4.72 Å². The van der Waals surface area contributed by atoms with Crippen molar-refractivity contribution in [2.75, 3.05) is 28.6 Å². The van der Waals surface area contributed by atoms with Crippen LogP contribution in [0.15, 0.2) is 47.4 Å². The first-order chi connectivity index (χ1) is 12.2. The third-order valence-corrected chi connectivity index (χ3v) is 6.17. The van der Waals surface area contributed by atoms with Gasteiger partial charge in [-0.25, -0.2) is 8.42 Å². The summed E-state index contributed by atoms with van der Waals surface area (Å²) in [5.41, 5.74) is 3.05. The quantitative estimate of drug-likeness (QED) is 0.894. The number of amides is 1. The topological polar surface area (TPSA) is 69.7 Å². The number of aryl methyl sites for hydroxylation is 1. The predicted molar refractivity (Wildman–Crippen MR) is 104 cm³/mol. The molecule has 7 heteroatoms. The van der Waals surface area contributed by atoms with Crippen LogP contribution in [0, 0.1) is 6.92 Å². The highest BCUT2D eigenvalue weighted by Crippen LogP contribution is 2.37. The van der Waals surface area contributed by atoms with Crippen molar-refractivity contribution in [1.82, 2.24) is 0 Å². The molecule has 1 heterocycles. The van der Waals surface area contributed by atoms with Gasteiger partial charge in [-0.05, 0) is 43.7 Å². The van der Waals surface area contributed by atoms with E-state index in [9.17, 15) is 13.2 Å². The highest BCUT2D eigenvalue weighted by Gasteiger charge is 2.33. The van der Waals surface area contributed by atoms with Gasteiger partial charge in [-0.2, -0.15) is 0 Å². The number of carbonyl (C=O) groups is 1. The van der Waals surface area contributed by atoms with Gasteiger partial charge in [-0.15, -0.1) is 0 Å². The molecule has 6 nitrogen and oxygen atoms in total. The van der Waals surface area contributed by atoms with Crippen molar-refractivity contribution < 1.29 is 13.2 Å². The molecule has 0 aliphatic carbocycles. The fourth-order valence-electron chi connectivity index (χ4n) is 3.21. The summed E-state index contributed by atoms with van der Waals surface area (Å²) < 4.78 is 27.8. The molecule has 0 saturated carbocycles. The number of rotatable bonds is 4. The molecule has 0 saturated heterocycles. The van der Waals surface area contributed by atoms with Crippen LogP contribution in [-0.2, 0) is 14.8 Å². The van der Waals surface area contributed by atoms with Crippen LogP contribution in [0.4, 0.5) is 17.1 Å². The molecule has 1 aliphatic rings. The van der Waals surface area contributed by atoms with Crippen LogP contribution in [0.2, 0.25) is 0 Å². The summed E-state index contributed by atoms with van der Waals surface area (Å²) in [5, 5.41) is 0. The molecule has 1 aliphatic heterocycles. The zero-order valence-electron chi connectivity index (χ0n) is 15.4. The molecule has 2 aromatic rings. The van der Waals surface area contributed by atoms with Crippen LogP contribution in [0.25, 0.3) is 0 Å². The molecule has 1 unspecified atom stereocenters. The number of hydrogen-bond acceptors (Lipinski definition) is 4. The molecule has 0 bridgehead atoms. The molecule has 0 spiro atoms. The normalized spacial score (nSPS) is 17.2. The van der Waals surface area contributed by atoms with Gasteiger partial charge in [0.25, 0.3) is 10.0 Å². The Morgan fingerprint density at radius 2 is 1.69 bits per heavy atom. The van der Waals surface area contributed by atoms with Crippen molar-refractivity contribution in [3.05, 3.63) is 48.0 Å². The van der Waals surface area contributed by atoms with Gasteiger partial charge in [0.15, 0.2) is 0 Å². The van der Waals surface area contributed by atoms with Crippen molar-refractivity contribution >= 4 is 33.0 Å². The summed E-state index contributed by atoms with van der Waals surface area (Å²) in [6.07, 6.45) is 0.679. The zero-order chi connectivity index (χ0) is 19.1. The third-order valence-electron chi connectivity index (χ3n) is 4.77. The number of sulfonamides is 1. The average molecular weight is 373 g/mol. The predicted octanol–water partition coefficient (Wildman–Crippen LogP) is 2.99. The minimum absolute atomic E-state index is 0.0375. The zero-order valence-corrected chi connectivity index (χ0v) is 16.2. The van der Waals surface area contributed by atoms with E-state index in [0.29, 0.717) is 12.1 Å². The van der Waals surface area contributed by atoms with E-state index in [0.717, 1.165) is 16.9 Å². The SMILES string of the molecule is CCC1C(=O)N(C)c2ccc(NS(=O)(=O)c3ccc(C)cc3)cc2N1C. The first-order valence-corrected chi connectivity index (χ1v) is 9.97. The van der Waals surface area contributed by atoms with Gasteiger partial charge in [0.05, 0.1) is 22.0 Å². The van der Waals surface area contributed by atoms with Crippen LogP contribution < -0.4 is 14.5 Å². The van der Waals surface area contributed by atoms with E-state index in [1.54, 1.807) is 54.4 Å². The maximum atomic E-state index is 12.6. The molecule has 26 heavy (non-hydrogen) atoms. The van der Waals surface area contributed by atoms with Crippen LogP contribution in [0.5, 0.6) is 0 Å². The Labute approximate surface area is 154 Å². The second kappa shape index (κ2) is 6.64. The lowest BCUT2D eigenvalue weighted by molar-refractivity contribution is -0.119. The Morgan fingerprint density at radius 1 is 1.04 bits per heavy atom. The van der Waals surface area contributed by atoms with Crippen LogP contribution in [0.1, 0.15) is 18.9 Å². The smallest absolute Gasteiger partial charge is 0.261 e. The van der Waals surface area contributed by atoms with Gasteiger partial charge in [-0.3, -0.25) is 9.52 Å². The summed E-state index contributed by atoms with van der Waals surface area (Å²) >= 11 is 0. The highest BCUT2D eigenvalue weighted by atomic mass is 32.2. The fourth-order valence-corrected chi connectivity index (χ4v) is 4.26. The maximum Gasteiger partial charge on any atom is 0.261 e. The summed E-state index contributed by atoms with van der Waals surface area (Å²) in [7, 11) is -0.0662. The van der Waals surface area contributed by atoms with Gasteiger partial charge in [0.2, 0.25) is 5.91 Å². The molecule has 1 amide bonds. The average Bonchev–Trinajstić information content (AvgIpc) is 2.60. The van der Waals surface area contributed by atoms with Crippen molar-refractivity contribution in [2.24, 2.45) is 0 Å². The number of nitrogens with one attached hydrogen (secondary N) is 1. The molecular formula is C19H23N3O3S. The summed E-state index contributed by atoms with van der Waals surface area (Å²) in [6, 6.07) is 11.7. The molecule has 0 fully saturated rings. The van der Waals surface area contributed by atoms with Crippen LogP contribution in [-0.4, -0.2) is 34.5 Å². The lowest BCUT2D eigenvalue weighted by Gasteiger charge is -2.39. The number of fused-ring (bicyclic) bond motifs is 1. The largest absolute Gasteiger partial charge is 0.361 e. The van der Waals surface area contributed by atoms with Crippen molar-refractivity contribution in [2.45, 2.75) is 31.2 Å². The van der Waals surface area contributed by atoms with E-state index in [-0.39, 0.29) is 16.8 Å². The number of anilines is 3. The maximum absolute atomic E-state index is 12.6. The minimum Gasteiger partial charge on any atom is -0.361 e. The van der Waals surface area contributed by atoms with Crippen LogP contribution >= 0.6 is 0 Å². The van der Waals surface area contributed by atoms with Crippen molar-refractivity contribution in [3.8, 4) is 0 Å². The van der Waals surface area contributed by atoms with Gasteiger partial charge in [0.1, 0.15) is 6.04 Å². The molecular weight excluding hydrogens is 350 g/mol.